The van der Waals surface area contributed by atoms with E-state index in [9.17, 15) is 22.8 Å². The number of carboxylic acids is 1. The number of halogens is 3. The normalized spacial score (nSPS) is 18.7. The van der Waals surface area contributed by atoms with Crippen LogP contribution in [0.25, 0.3) is 0 Å². The molecule has 1 unspecified atom stereocenters. The van der Waals surface area contributed by atoms with Crippen molar-refractivity contribution < 1.29 is 27.9 Å². The van der Waals surface area contributed by atoms with Gasteiger partial charge in [0.15, 0.2) is 0 Å². The number of rotatable bonds is 4. The number of urea groups is 1. The Balaban J connectivity index is 2.34. The van der Waals surface area contributed by atoms with Gasteiger partial charge in [0, 0.05) is 32.2 Å². The number of nitrogens with one attached hydrogen (secondary N) is 1. The molecular weight excluding hydrogens is 279 g/mol. The molecule has 2 N–H and O–H groups in total. The molecular formula is C11H18F3N3O3. The Morgan fingerprint density at radius 1 is 1.25 bits per heavy atom. The lowest BCUT2D eigenvalue weighted by Crippen LogP contribution is -2.54. The lowest BCUT2D eigenvalue weighted by Gasteiger charge is -2.34. The molecule has 1 saturated heterocycles. The summed E-state index contributed by atoms with van der Waals surface area (Å²) in [6, 6.07) is -1.53. The summed E-state index contributed by atoms with van der Waals surface area (Å²) in [7, 11) is 0. The molecule has 1 atom stereocenters. The molecule has 9 heteroatoms. The van der Waals surface area contributed by atoms with Crippen LogP contribution in [0.15, 0.2) is 0 Å². The molecule has 0 aromatic heterocycles. The maximum absolute atomic E-state index is 12.1. The van der Waals surface area contributed by atoms with Gasteiger partial charge in [-0.15, -0.1) is 0 Å². The van der Waals surface area contributed by atoms with E-state index in [1.807, 2.05) is 0 Å². The van der Waals surface area contributed by atoms with Gasteiger partial charge in [0.2, 0.25) is 0 Å². The van der Waals surface area contributed by atoms with Gasteiger partial charge in [-0.25, -0.2) is 4.79 Å². The minimum Gasteiger partial charge on any atom is -0.480 e. The molecule has 1 fully saturated rings. The van der Waals surface area contributed by atoms with Crippen molar-refractivity contribution in [2.45, 2.75) is 25.6 Å². The molecule has 20 heavy (non-hydrogen) atoms. The molecule has 0 aromatic rings. The van der Waals surface area contributed by atoms with E-state index in [1.54, 1.807) is 4.90 Å². The highest BCUT2D eigenvalue weighted by Gasteiger charge is 2.31. The average molecular weight is 297 g/mol. The van der Waals surface area contributed by atoms with E-state index in [2.05, 4.69) is 5.32 Å². The van der Waals surface area contributed by atoms with Gasteiger partial charge in [-0.2, -0.15) is 13.2 Å². The van der Waals surface area contributed by atoms with Crippen LogP contribution in [0.2, 0.25) is 0 Å². The molecule has 0 spiro atoms. The summed E-state index contributed by atoms with van der Waals surface area (Å²) in [6.07, 6.45) is -5.38. The fourth-order valence-corrected chi connectivity index (χ4v) is 2.00. The summed E-state index contributed by atoms with van der Waals surface area (Å²) < 4.78 is 36.4. The van der Waals surface area contributed by atoms with Crippen LogP contribution in [-0.4, -0.2) is 71.8 Å². The summed E-state index contributed by atoms with van der Waals surface area (Å²) >= 11 is 0. The lowest BCUT2D eigenvalue weighted by atomic mass is 10.2. The predicted octanol–water partition coefficient (Wildman–Crippen LogP) is 0.739. The minimum atomic E-state index is -4.31. The van der Waals surface area contributed by atoms with Crippen LogP contribution >= 0.6 is 0 Å². The number of piperazine rings is 1. The summed E-state index contributed by atoms with van der Waals surface area (Å²) in [6.45, 7) is 2.60. The van der Waals surface area contributed by atoms with Gasteiger partial charge in [0.1, 0.15) is 0 Å². The Morgan fingerprint density at radius 2 is 1.80 bits per heavy atom. The van der Waals surface area contributed by atoms with Gasteiger partial charge in [0.05, 0.1) is 13.0 Å². The van der Waals surface area contributed by atoms with Crippen molar-refractivity contribution in [3.8, 4) is 0 Å². The number of carbonyl (C=O) groups excluding carboxylic acids is 1. The number of hydrogen-bond acceptors (Lipinski definition) is 3. The number of carbonyl (C=O) groups is 2. The third-order valence-corrected chi connectivity index (χ3v) is 2.93. The Kier molecular flexibility index (Phi) is 5.61. The van der Waals surface area contributed by atoms with Crippen molar-refractivity contribution in [2.24, 2.45) is 0 Å². The molecule has 0 aliphatic carbocycles. The highest BCUT2D eigenvalue weighted by molar-refractivity contribution is 5.74. The van der Waals surface area contributed by atoms with E-state index in [1.165, 1.54) is 11.8 Å². The largest absolute Gasteiger partial charge is 0.480 e. The molecule has 0 aromatic carbocycles. The molecule has 6 nitrogen and oxygen atoms in total. The second kappa shape index (κ2) is 6.78. The summed E-state index contributed by atoms with van der Waals surface area (Å²) in [5, 5.41) is 10.9. The first-order valence-corrected chi connectivity index (χ1v) is 6.23. The molecule has 0 saturated carbocycles. The Labute approximate surface area is 114 Å². The lowest BCUT2D eigenvalue weighted by molar-refractivity contribution is -0.139. The van der Waals surface area contributed by atoms with Crippen molar-refractivity contribution in [3.05, 3.63) is 0 Å². The van der Waals surface area contributed by atoms with Gasteiger partial charge in [-0.05, 0) is 6.92 Å². The third-order valence-electron chi connectivity index (χ3n) is 2.93. The first kappa shape index (κ1) is 16.5. The van der Waals surface area contributed by atoms with E-state index < -0.39 is 30.6 Å². The SMILES string of the molecule is CC(CC(F)(F)F)NC(=O)N1CCN(CC(=O)O)CC1. The molecule has 2 amide bonds. The quantitative estimate of drug-likeness (QED) is 0.803. The molecule has 1 rings (SSSR count). The highest BCUT2D eigenvalue weighted by atomic mass is 19.4. The average Bonchev–Trinajstić information content (AvgIpc) is 2.26. The van der Waals surface area contributed by atoms with Crippen molar-refractivity contribution in [1.82, 2.24) is 15.1 Å². The van der Waals surface area contributed by atoms with Gasteiger partial charge >= 0.3 is 18.2 Å². The summed E-state index contributed by atoms with van der Waals surface area (Å²) in [5.74, 6) is -0.943. The molecule has 1 aliphatic heterocycles. The maximum atomic E-state index is 12.1. The first-order valence-electron chi connectivity index (χ1n) is 6.23. The molecule has 116 valence electrons. The highest BCUT2D eigenvalue weighted by Crippen LogP contribution is 2.21. The zero-order valence-corrected chi connectivity index (χ0v) is 11.1. The van der Waals surface area contributed by atoms with Gasteiger partial charge < -0.3 is 15.3 Å². The molecule has 0 bridgehead atoms. The van der Waals surface area contributed by atoms with Crippen LogP contribution in [0.1, 0.15) is 13.3 Å². The fourth-order valence-electron chi connectivity index (χ4n) is 2.00. The topological polar surface area (TPSA) is 72.9 Å². The zero-order chi connectivity index (χ0) is 15.3. The fraction of sp³-hybridized carbons (Fsp3) is 0.818. The second-order valence-electron chi connectivity index (χ2n) is 4.83. The Morgan fingerprint density at radius 3 is 2.25 bits per heavy atom. The van der Waals surface area contributed by atoms with Crippen LogP contribution in [0.3, 0.4) is 0 Å². The van der Waals surface area contributed by atoms with Crippen LogP contribution in [0.4, 0.5) is 18.0 Å². The maximum Gasteiger partial charge on any atom is 0.391 e. The van der Waals surface area contributed by atoms with E-state index >= 15 is 0 Å². The van der Waals surface area contributed by atoms with Crippen molar-refractivity contribution in [2.75, 3.05) is 32.7 Å². The number of carboxylic acid groups (broad SMARTS) is 1. The van der Waals surface area contributed by atoms with Crippen molar-refractivity contribution >= 4 is 12.0 Å². The summed E-state index contributed by atoms with van der Waals surface area (Å²) in [4.78, 5) is 25.3. The number of hydrogen-bond donors (Lipinski definition) is 2. The second-order valence-corrected chi connectivity index (χ2v) is 4.83. The van der Waals surface area contributed by atoms with Gasteiger partial charge in [0.25, 0.3) is 0 Å². The number of nitrogens with zero attached hydrogens (tertiary/aromatic N) is 2. The number of aliphatic carboxylic acids is 1. The summed E-state index contributed by atoms with van der Waals surface area (Å²) in [5.41, 5.74) is 0. The smallest absolute Gasteiger partial charge is 0.391 e. The number of alkyl halides is 3. The van der Waals surface area contributed by atoms with Gasteiger partial charge in [-0.1, -0.05) is 0 Å². The molecule has 1 aliphatic rings. The van der Waals surface area contributed by atoms with Crippen LogP contribution in [0.5, 0.6) is 0 Å². The predicted molar refractivity (Wildman–Crippen MR) is 64.3 cm³/mol. The molecule has 1 heterocycles. The monoisotopic (exact) mass is 297 g/mol. The van der Waals surface area contributed by atoms with E-state index in [0.717, 1.165) is 0 Å². The third kappa shape index (κ3) is 6.09. The van der Waals surface area contributed by atoms with Crippen molar-refractivity contribution in [1.29, 1.82) is 0 Å². The van der Waals surface area contributed by atoms with E-state index in [-0.39, 0.29) is 6.54 Å². The minimum absolute atomic E-state index is 0.0973. The molecule has 0 radical (unpaired) electrons. The van der Waals surface area contributed by atoms with Crippen LogP contribution in [0, 0.1) is 0 Å². The van der Waals surface area contributed by atoms with E-state index in [0.29, 0.717) is 26.2 Å². The van der Waals surface area contributed by atoms with Gasteiger partial charge in [-0.3, -0.25) is 9.69 Å². The standard InChI is InChI=1S/C11H18F3N3O3/c1-8(6-11(12,13)14)15-10(20)17-4-2-16(3-5-17)7-9(18)19/h8H,2-7H2,1H3,(H,15,20)(H,18,19). The van der Waals surface area contributed by atoms with Crippen LogP contribution in [-0.2, 0) is 4.79 Å². The van der Waals surface area contributed by atoms with Crippen LogP contribution < -0.4 is 5.32 Å². The zero-order valence-electron chi connectivity index (χ0n) is 11.1. The Hall–Kier alpha value is -1.51. The first-order chi connectivity index (χ1) is 9.17. The van der Waals surface area contributed by atoms with Crippen molar-refractivity contribution in [3.63, 3.8) is 0 Å². The number of amides is 2. The Bertz CT molecular complexity index is 355. The van der Waals surface area contributed by atoms with E-state index in [4.69, 9.17) is 5.11 Å².